The summed E-state index contributed by atoms with van der Waals surface area (Å²) in [4.78, 5) is 17.9. The molecule has 9 heteroatoms. The van der Waals surface area contributed by atoms with Gasteiger partial charge in [0.1, 0.15) is 5.82 Å². The van der Waals surface area contributed by atoms with Gasteiger partial charge in [0, 0.05) is 50.7 Å². The Morgan fingerprint density at radius 2 is 2.04 bits per heavy atom. The van der Waals surface area contributed by atoms with Crippen LogP contribution < -0.4 is 10.8 Å². The Kier molecular flexibility index (Phi) is 9.90. The van der Waals surface area contributed by atoms with E-state index in [9.17, 15) is 4.79 Å². The lowest BCUT2D eigenvalue weighted by atomic mass is 10.1. The molecule has 0 aromatic carbocycles. The zero-order chi connectivity index (χ0) is 16.8. The number of nitrogens with one attached hydrogen (secondary N) is 2. The first-order chi connectivity index (χ1) is 11.7. The molecule has 0 saturated carbocycles. The van der Waals surface area contributed by atoms with Crippen molar-refractivity contribution in [3.05, 3.63) is 30.0 Å². The van der Waals surface area contributed by atoms with Crippen LogP contribution in [0.5, 0.6) is 0 Å². The molecular weight excluding hydrogens is 379 g/mol. The minimum Gasteiger partial charge on any atom is -0.381 e. The first kappa shape index (κ1) is 22.7. The number of aromatic nitrogens is 1. The topological polar surface area (TPSA) is 86.7 Å². The lowest BCUT2D eigenvalue weighted by Crippen LogP contribution is -2.39. The summed E-state index contributed by atoms with van der Waals surface area (Å²) < 4.78 is 5.44. The highest BCUT2D eigenvalue weighted by molar-refractivity contribution is 5.90. The van der Waals surface area contributed by atoms with E-state index in [4.69, 9.17) is 9.94 Å². The number of amides is 1. The van der Waals surface area contributed by atoms with Crippen molar-refractivity contribution in [1.29, 1.82) is 0 Å². The van der Waals surface area contributed by atoms with Gasteiger partial charge in [-0.25, -0.2) is 10.5 Å². The van der Waals surface area contributed by atoms with E-state index in [1.165, 1.54) is 6.08 Å². The molecule has 1 amide bonds. The lowest BCUT2D eigenvalue weighted by molar-refractivity contribution is -0.124. The second kappa shape index (κ2) is 11.4. The zero-order valence-corrected chi connectivity index (χ0v) is 16.1. The van der Waals surface area contributed by atoms with Gasteiger partial charge in [0.2, 0.25) is 0 Å². The molecule has 3 rings (SSSR count). The number of halogens is 2. The molecule has 1 aromatic rings. The number of hydrogen-bond donors (Lipinski definition) is 3. The first-order valence-corrected chi connectivity index (χ1v) is 8.41. The van der Waals surface area contributed by atoms with E-state index in [2.05, 4.69) is 15.2 Å². The monoisotopic (exact) mass is 404 g/mol. The second-order valence-electron chi connectivity index (χ2n) is 6.25. The number of rotatable bonds is 5. The van der Waals surface area contributed by atoms with Crippen LogP contribution in [0.15, 0.2) is 24.4 Å². The van der Waals surface area contributed by atoms with Gasteiger partial charge in [-0.2, -0.15) is 0 Å². The molecule has 146 valence electrons. The third-order valence-corrected chi connectivity index (χ3v) is 4.60. The highest BCUT2D eigenvalue weighted by Crippen LogP contribution is 2.22. The Bertz CT molecular complexity index is 580. The van der Waals surface area contributed by atoms with Crippen molar-refractivity contribution >= 4 is 42.6 Å². The molecule has 2 aliphatic heterocycles. The Labute approximate surface area is 166 Å². The van der Waals surface area contributed by atoms with E-state index in [-0.39, 0.29) is 24.8 Å². The standard InChI is InChI=1S/C17H24N4O3.2ClH/c22-17(20-23)4-2-13-1-3-16(18-11-13)19-14-5-8-21(12-14)15-6-9-24-10-7-15;;/h1-4,11,14-15,23H,5-10,12H2,(H,18,19)(H,20,22);2*1H/b4-2+;;/t14-;;/m1../s1. The highest BCUT2D eigenvalue weighted by atomic mass is 35.5. The minimum absolute atomic E-state index is 0. The van der Waals surface area contributed by atoms with Crippen LogP contribution >= 0.6 is 24.8 Å². The number of nitrogens with zero attached hydrogens (tertiary/aromatic N) is 2. The largest absolute Gasteiger partial charge is 0.381 e. The summed E-state index contributed by atoms with van der Waals surface area (Å²) in [7, 11) is 0. The van der Waals surface area contributed by atoms with Crippen molar-refractivity contribution in [3.8, 4) is 0 Å². The van der Waals surface area contributed by atoms with Crippen LogP contribution in [0.2, 0.25) is 0 Å². The maximum absolute atomic E-state index is 11.0. The number of carbonyl (C=O) groups excluding carboxylic acids is 1. The number of carbonyl (C=O) groups is 1. The van der Waals surface area contributed by atoms with Crippen molar-refractivity contribution < 1.29 is 14.7 Å². The Hall–Kier alpha value is -1.38. The van der Waals surface area contributed by atoms with Gasteiger partial charge in [0.05, 0.1) is 0 Å². The van der Waals surface area contributed by atoms with Gasteiger partial charge in [0.15, 0.2) is 0 Å². The third-order valence-electron chi connectivity index (χ3n) is 4.60. The van der Waals surface area contributed by atoms with Crippen LogP contribution in [0.3, 0.4) is 0 Å². The van der Waals surface area contributed by atoms with Gasteiger partial charge in [-0.05, 0) is 43.0 Å². The minimum atomic E-state index is -0.559. The predicted molar refractivity (Wildman–Crippen MR) is 105 cm³/mol. The van der Waals surface area contributed by atoms with Crippen LogP contribution in [0, 0.1) is 0 Å². The summed E-state index contributed by atoms with van der Waals surface area (Å²) in [6.07, 6.45) is 7.95. The number of hydroxylamine groups is 1. The molecule has 2 aliphatic rings. The van der Waals surface area contributed by atoms with Gasteiger partial charge < -0.3 is 10.1 Å². The van der Waals surface area contributed by atoms with E-state index >= 15 is 0 Å². The van der Waals surface area contributed by atoms with Crippen LogP contribution in [0.4, 0.5) is 5.82 Å². The lowest BCUT2D eigenvalue weighted by Gasteiger charge is -2.31. The average molecular weight is 405 g/mol. The number of hydrogen-bond acceptors (Lipinski definition) is 6. The summed E-state index contributed by atoms with van der Waals surface area (Å²) in [5, 5.41) is 11.9. The molecule has 26 heavy (non-hydrogen) atoms. The fourth-order valence-electron chi connectivity index (χ4n) is 3.29. The molecule has 0 radical (unpaired) electrons. The Morgan fingerprint density at radius 3 is 2.69 bits per heavy atom. The summed E-state index contributed by atoms with van der Waals surface area (Å²) in [5.74, 6) is 0.286. The van der Waals surface area contributed by atoms with Crippen molar-refractivity contribution in [2.24, 2.45) is 0 Å². The fraction of sp³-hybridized carbons (Fsp3) is 0.529. The maximum atomic E-state index is 11.0. The molecular formula is C17H26Cl2N4O3. The smallest absolute Gasteiger partial charge is 0.267 e. The molecule has 3 heterocycles. The van der Waals surface area contributed by atoms with Gasteiger partial charge in [-0.1, -0.05) is 0 Å². The van der Waals surface area contributed by atoms with Gasteiger partial charge in [-0.3, -0.25) is 14.9 Å². The highest BCUT2D eigenvalue weighted by Gasteiger charge is 2.29. The predicted octanol–water partition coefficient (Wildman–Crippen LogP) is 2.11. The summed E-state index contributed by atoms with van der Waals surface area (Å²) in [5.41, 5.74) is 2.36. The van der Waals surface area contributed by atoms with E-state index in [1.807, 2.05) is 12.1 Å². The van der Waals surface area contributed by atoms with Crippen molar-refractivity contribution in [1.82, 2.24) is 15.4 Å². The van der Waals surface area contributed by atoms with E-state index in [1.54, 1.807) is 17.8 Å². The van der Waals surface area contributed by atoms with Crippen molar-refractivity contribution in [3.63, 3.8) is 0 Å². The second-order valence-corrected chi connectivity index (χ2v) is 6.25. The number of ether oxygens (including phenoxy) is 1. The Morgan fingerprint density at radius 1 is 1.27 bits per heavy atom. The van der Waals surface area contributed by atoms with E-state index < -0.39 is 5.91 Å². The molecule has 0 unspecified atom stereocenters. The van der Waals surface area contributed by atoms with E-state index in [0.717, 1.165) is 56.9 Å². The molecule has 3 N–H and O–H groups in total. The maximum Gasteiger partial charge on any atom is 0.267 e. The molecule has 1 aromatic heterocycles. The number of pyridine rings is 1. The van der Waals surface area contributed by atoms with Gasteiger partial charge in [0.25, 0.3) is 5.91 Å². The normalized spacial score (nSPS) is 21.0. The summed E-state index contributed by atoms with van der Waals surface area (Å²) in [6.45, 7) is 3.93. The molecule has 0 aliphatic carbocycles. The molecule has 0 bridgehead atoms. The zero-order valence-electron chi connectivity index (χ0n) is 14.5. The molecule has 2 saturated heterocycles. The molecule has 1 atom stereocenters. The quantitative estimate of drug-likeness (QED) is 0.395. The average Bonchev–Trinajstić information content (AvgIpc) is 3.10. The van der Waals surface area contributed by atoms with Crippen LogP contribution in [0.25, 0.3) is 6.08 Å². The third kappa shape index (κ3) is 6.41. The van der Waals surface area contributed by atoms with Gasteiger partial charge in [-0.15, -0.1) is 24.8 Å². The number of anilines is 1. The summed E-state index contributed by atoms with van der Waals surface area (Å²) in [6, 6.07) is 4.88. The van der Waals surface area contributed by atoms with Crippen LogP contribution in [0.1, 0.15) is 24.8 Å². The Balaban J connectivity index is 0.00000169. The van der Waals surface area contributed by atoms with Crippen LogP contribution in [-0.2, 0) is 9.53 Å². The van der Waals surface area contributed by atoms with Crippen molar-refractivity contribution in [2.45, 2.75) is 31.3 Å². The molecule has 0 spiro atoms. The van der Waals surface area contributed by atoms with Crippen molar-refractivity contribution in [2.75, 3.05) is 31.6 Å². The SMILES string of the molecule is Cl.Cl.O=C(/C=C/c1ccc(N[C@@H]2CCN(C3CCOCC3)C2)nc1)NO. The van der Waals surface area contributed by atoms with Crippen LogP contribution in [-0.4, -0.2) is 59.4 Å². The molecule has 2 fully saturated rings. The number of likely N-dealkylation sites (tertiary alicyclic amines) is 1. The van der Waals surface area contributed by atoms with Gasteiger partial charge >= 0.3 is 0 Å². The van der Waals surface area contributed by atoms with E-state index in [0.29, 0.717) is 12.1 Å². The first-order valence-electron chi connectivity index (χ1n) is 8.41. The molecule has 7 nitrogen and oxygen atoms in total. The summed E-state index contributed by atoms with van der Waals surface area (Å²) >= 11 is 0. The fourth-order valence-corrected chi connectivity index (χ4v) is 3.29.